The SMILES string of the molecule is Cc1cccc(C2/C(=C(/O)c3ccc(Br)c(C)c3)C(=O)C(=O)N2Cc2cccs2)c1. The highest BCUT2D eigenvalue weighted by molar-refractivity contribution is 9.10. The number of aliphatic hydroxyl groups is 1. The molecule has 0 aliphatic carbocycles. The summed E-state index contributed by atoms with van der Waals surface area (Å²) in [5, 5.41) is 13.1. The number of thiophene rings is 1. The van der Waals surface area contributed by atoms with Gasteiger partial charge in [0.1, 0.15) is 5.76 Å². The van der Waals surface area contributed by atoms with E-state index in [-0.39, 0.29) is 11.3 Å². The number of nitrogens with zero attached hydrogens (tertiary/aromatic N) is 1. The van der Waals surface area contributed by atoms with Crippen molar-refractivity contribution in [1.29, 1.82) is 0 Å². The van der Waals surface area contributed by atoms with Gasteiger partial charge in [-0.05, 0) is 48.6 Å². The molecule has 0 radical (unpaired) electrons. The number of aliphatic hydroxyl groups excluding tert-OH is 1. The summed E-state index contributed by atoms with van der Waals surface area (Å²) in [4.78, 5) is 28.6. The van der Waals surface area contributed by atoms with Crippen molar-refractivity contribution in [3.05, 3.63) is 97.2 Å². The number of ketones is 1. The highest BCUT2D eigenvalue weighted by Gasteiger charge is 2.46. The standard InChI is InChI=1S/C24H20BrNO3S/c1-14-5-3-6-16(11-14)21-20(22(27)17-8-9-19(25)15(2)12-17)23(28)24(29)26(21)13-18-7-4-10-30-18/h3-12,21,27H,13H2,1-2H3/b22-20-. The molecule has 1 N–H and O–H groups in total. The molecule has 1 fully saturated rings. The van der Waals surface area contributed by atoms with Gasteiger partial charge in [-0.1, -0.05) is 57.9 Å². The number of rotatable bonds is 4. The molecule has 2 aromatic carbocycles. The van der Waals surface area contributed by atoms with Crippen molar-refractivity contribution in [1.82, 2.24) is 4.90 Å². The Balaban J connectivity index is 1.89. The van der Waals surface area contributed by atoms with E-state index in [1.807, 2.05) is 61.7 Å². The normalized spacial score (nSPS) is 18.2. The maximum Gasteiger partial charge on any atom is 0.295 e. The zero-order valence-electron chi connectivity index (χ0n) is 16.6. The molecule has 2 heterocycles. The van der Waals surface area contributed by atoms with E-state index in [9.17, 15) is 14.7 Å². The number of aryl methyl sites for hydroxylation is 2. The lowest BCUT2D eigenvalue weighted by Gasteiger charge is -2.25. The van der Waals surface area contributed by atoms with Crippen LogP contribution in [0.3, 0.4) is 0 Å². The number of hydrogen-bond donors (Lipinski definition) is 1. The van der Waals surface area contributed by atoms with Gasteiger partial charge in [-0.3, -0.25) is 9.59 Å². The van der Waals surface area contributed by atoms with Crippen LogP contribution in [0.2, 0.25) is 0 Å². The molecule has 3 aromatic rings. The summed E-state index contributed by atoms with van der Waals surface area (Å²) in [6, 6.07) is 16.3. The minimum Gasteiger partial charge on any atom is -0.507 e. The minimum atomic E-state index is -0.656. The molecule has 6 heteroatoms. The number of carbonyl (C=O) groups is 2. The van der Waals surface area contributed by atoms with Crippen LogP contribution in [0.25, 0.3) is 5.76 Å². The zero-order chi connectivity index (χ0) is 21.4. The molecule has 4 rings (SSSR count). The van der Waals surface area contributed by atoms with Gasteiger partial charge in [0.15, 0.2) is 0 Å². The third-order valence-electron chi connectivity index (χ3n) is 5.24. The third-order valence-corrected chi connectivity index (χ3v) is 6.99. The number of hydrogen-bond acceptors (Lipinski definition) is 4. The molecule has 1 amide bonds. The molecule has 1 aliphatic rings. The lowest BCUT2D eigenvalue weighted by atomic mass is 9.94. The molecule has 0 bridgehead atoms. The first kappa shape index (κ1) is 20.6. The second-order valence-corrected chi connectivity index (χ2v) is 9.27. The van der Waals surface area contributed by atoms with Crippen LogP contribution < -0.4 is 0 Å². The molecule has 1 aliphatic heterocycles. The van der Waals surface area contributed by atoms with Gasteiger partial charge in [0.25, 0.3) is 11.7 Å². The van der Waals surface area contributed by atoms with Gasteiger partial charge < -0.3 is 10.0 Å². The van der Waals surface area contributed by atoms with Crippen LogP contribution in [0, 0.1) is 13.8 Å². The zero-order valence-corrected chi connectivity index (χ0v) is 19.0. The highest BCUT2D eigenvalue weighted by atomic mass is 79.9. The fraction of sp³-hybridized carbons (Fsp3) is 0.167. The maximum absolute atomic E-state index is 13.1. The minimum absolute atomic E-state index is 0.129. The van der Waals surface area contributed by atoms with E-state index in [1.54, 1.807) is 17.0 Å². The van der Waals surface area contributed by atoms with E-state index < -0.39 is 17.7 Å². The Morgan fingerprint density at radius 3 is 2.57 bits per heavy atom. The van der Waals surface area contributed by atoms with Crippen molar-refractivity contribution in [2.24, 2.45) is 0 Å². The molecule has 152 valence electrons. The number of halogens is 1. The number of Topliss-reactive ketones (excluding diaryl/α,β-unsaturated/α-hetero) is 1. The van der Waals surface area contributed by atoms with E-state index >= 15 is 0 Å². The predicted molar refractivity (Wildman–Crippen MR) is 122 cm³/mol. The molecule has 1 unspecified atom stereocenters. The molecule has 30 heavy (non-hydrogen) atoms. The topological polar surface area (TPSA) is 57.6 Å². The lowest BCUT2D eigenvalue weighted by Crippen LogP contribution is -2.28. The fourth-order valence-electron chi connectivity index (χ4n) is 3.75. The Morgan fingerprint density at radius 1 is 1.10 bits per heavy atom. The number of amides is 1. The Bertz CT molecular complexity index is 1170. The van der Waals surface area contributed by atoms with Crippen molar-refractivity contribution < 1.29 is 14.7 Å². The molecule has 0 spiro atoms. The van der Waals surface area contributed by atoms with Crippen molar-refractivity contribution in [3.63, 3.8) is 0 Å². The Labute approximate surface area is 187 Å². The Kier molecular flexibility index (Phi) is 5.62. The molecule has 1 aromatic heterocycles. The van der Waals surface area contributed by atoms with Crippen LogP contribution in [0.15, 0.2) is 70.0 Å². The third kappa shape index (κ3) is 3.73. The second-order valence-electron chi connectivity index (χ2n) is 7.38. The van der Waals surface area contributed by atoms with Gasteiger partial charge in [0, 0.05) is 14.9 Å². The quantitative estimate of drug-likeness (QED) is 0.293. The average Bonchev–Trinajstić information content (AvgIpc) is 3.32. The molecule has 0 saturated carbocycles. The van der Waals surface area contributed by atoms with Crippen molar-refractivity contribution in [2.45, 2.75) is 26.4 Å². The Morgan fingerprint density at radius 2 is 1.90 bits per heavy atom. The number of likely N-dealkylation sites (tertiary alicyclic amines) is 1. The van der Waals surface area contributed by atoms with Gasteiger partial charge in [0.2, 0.25) is 0 Å². The van der Waals surface area contributed by atoms with Crippen LogP contribution >= 0.6 is 27.3 Å². The van der Waals surface area contributed by atoms with Gasteiger partial charge in [0.05, 0.1) is 18.2 Å². The summed E-state index contributed by atoms with van der Waals surface area (Å²) in [5.74, 6) is -1.40. The van der Waals surface area contributed by atoms with Crippen LogP contribution in [0.4, 0.5) is 0 Å². The van der Waals surface area contributed by atoms with E-state index in [0.717, 1.165) is 26.0 Å². The fourth-order valence-corrected chi connectivity index (χ4v) is 4.70. The highest BCUT2D eigenvalue weighted by Crippen LogP contribution is 2.41. The maximum atomic E-state index is 13.1. The first-order valence-electron chi connectivity index (χ1n) is 9.50. The summed E-state index contributed by atoms with van der Waals surface area (Å²) < 4.78 is 0.910. The monoisotopic (exact) mass is 481 g/mol. The summed E-state index contributed by atoms with van der Waals surface area (Å²) in [6.45, 7) is 4.19. The van der Waals surface area contributed by atoms with Crippen molar-refractivity contribution in [3.8, 4) is 0 Å². The van der Waals surface area contributed by atoms with E-state index in [0.29, 0.717) is 12.1 Å². The van der Waals surface area contributed by atoms with Crippen LogP contribution in [-0.2, 0) is 16.1 Å². The lowest BCUT2D eigenvalue weighted by molar-refractivity contribution is -0.140. The smallest absolute Gasteiger partial charge is 0.295 e. The van der Waals surface area contributed by atoms with E-state index in [2.05, 4.69) is 15.9 Å². The first-order chi connectivity index (χ1) is 14.4. The second kappa shape index (κ2) is 8.20. The molecular formula is C24H20BrNO3S. The van der Waals surface area contributed by atoms with Crippen LogP contribution in [-0.4, -0.2) is 21.7 Å². The van der Waals surface area contributed by atoms with Gasteiger partial charge in [-0.2, -0.15) is 0 Å². The number of benzene rings is 2. The van der Waals surface area contributed by atoms with Crippen LogP contribution in [0.1, 0.15) is 33.2 Å². The summed E-state index contributed by atoms with van der Waals surface area (Å²) in [7, 11) is 0. The van der Waals surface area contributed by atoms with Gasteiger partial charge in [-0.15, -0.1) is 11.3 Å². The van der Waals surface area contributed by atoms with E-state index in [1.165, 1.54) is 11.3 Å². The molecule has 4 nitrogen and oxygen atoms in total. The summed E-state index contributed by atoms with van der Waals surface area (Å²) in [6.07, 6.45) is 0. The summed E-state index contributed by atoms with van der Waals surface area (Å²) >= 11 is 4.99. The predicted octanol–water partition coefficient (Wildman–Crippen LogP) is 5.75. The van der Waals surface area contributed by atoms with Gasteiger partial charge >= 0.3 is 0 Å². The van der Waals surface area contributed by atoms with Gasteiger partial charge in [-0.25, -0.2) is 0 Å². The molecule has 1 atom stereocenters. The Hall–Kier alpha value is -2.70. The summed E-state index contributed by atoms with van der Waals surface area (Å²) in [5.41, 5.74) is 3.40. The number of carbonyl (C=O) groups excluding carboxylic acids is 2. The van der Waals surface area contributed by atoms with Crippen molar-refractivity contribution in [2.75, 3.05) is 0 Å². The van der Waals surface area contributed by atoms with E-state index in [4.69, 9.17) is 0 Å². The van der Waals surface area contributed by atoms with Crippen LogP contribution in [0.5, 0.6) is 0 Å². The van der Waals surface area contributed by atoms with Crippen molar-refractivity contribution >= 4 is 44.7 Å². The molecule has 1 saturated heterocycles. The average molecular weight is 482 g/mol. The molecular weight excluding hydrogens is 462 g/mol. The first-order valence-corrected chi connectivity index (χ1v) is 11.2. The largest absolute Gasteiger partial charge is 0.507 e.